The van der Waals surface area contributed by atoms with Crippen LogP contribution < -0.4 is 5.32 Å². The summed E-state index contributed by atoms with van der Waals surface area (Å²) in [5.74, 6) is -0.782. The van der Waals surface area contributed by atoms with E-state index >= 15 is 0 Å². The number of aryl methyl sites for hydroxylation is 3. The lowest BCUT2D eigenvalue weighted by atomic mass is 10.1. The number of thiophene rings is 1. The van der Waals surface area contributed by atoms with Crippen LogP contribution in [0.15, 0.2) is 6.20 Å². The second-order valence-corrected chi connectivity index (χ2v) is 6.85. The number of hydrogen-bond acceptors (Lipinski definition) is 7. The van der Waals surface area contributed by atoms with Gasteiger partial charge in [0.05, 0.1) is 17.1 Å². The molecule has 2 rings (SSSR count). The number of aromatic nitrogens is 2. The fourth-order valence-electron chi connectivity index (χ4n) is 2.37. The highest BCUT2D eigenvalue weighted by atomic mass is 32.1. The van der Waals surface area contributed by atoms with E-state index in [0.717, 1.165) is 10.4 Å². The number of nitro groups is 1. The predicted octanol–water partition coefficient (Wildman–Crippen LogP) is 2.98. The lowest BCUT2D eigenvalue weighted by Gasteiger charge is -2.07. The summed E-state index contributed by atoms with van der Waals surface area (Å²) in [4.78, 5) is 35.6. The fraction of sp³-hybridized carbons (Fsp3) is 0.438. The van der Waals surface area contributed by atoms with Gasteiger partial charge in [-0.1, -0.05) is 0 Å². The number of carbonyl (C=O) groups is 2. The van der Waals surface area contributed by atoms with Crippen molar-refractivity contribution in [3.8, 4) is 0 Å². The van der Waals surface area contributed by atoms with Crippen LogP contribution in [0.1, 0.15) is 39.8 Å². The maximum atomic E-state index is 12.2. The van der Waals surface area contributed by atoms with Crippen LogP contribution in [0.2, 0.25) is 0 Å². The molecule has 0 radical (unpaired) electrons. The molecule has 2 aromatic rings. The Morgan fingerprint density at radius 2 is 2.08 bits per heavy atom. The summed E-state index contributed by atoms with van der Waals surface area (Å²) in [5, 5.41) is 18.0. The van der Waals surface area contributed by atoms with Crippen LogP contribution in [-0.2, 0) is 16.1 Å². The lowest BCUT2D eigenvalue weighted by Crippen LogP contribution is -2.16. The smallest absolute Gasteiger partial charge is 0.341 e. The second-order valence-electron chi connectivity index (χ2n) is 5.63. The molecule has 0 aromatic carbocycles. The van der Waals surface area contributed by atoms with Crippen molar-refractivity contribution < 1.29 is 19.2 Å². The minimum absolute atomic E-state index is 0.0660. The molecule has 0 unspecified atom stereocenters. The third-order valence-electron chi connectivity index (χ3n) is 3.80. The van der Waals surface area contributed by atoms with Gasteiger partial charge in [0.1, 0.15) is 16.9 Å². The Kier molecular flexibility index (Phi) is 6.09. The Morgan fingerprint density at radius 3 is 2.65 bits per heavy atom. The van der Waals surface area contributed by atoms with Gasteiger partial charge in [-0.3, -0.25) is 19.6 Å². The van der Waals surface area contributed by atoms with Crippen molar-refractivity contribution in [3.63, 3.8) is 0 Å². The molecule has 2 heterocycles. The maximum Gasteiger partial charge on any atom is 0.341 e. The van der Waals surface area contributed by atoms with Crippen LogP contribution in [-0.4, -0.2) is 33.2 Å². The molecule has 0 spiro atoms. The number of ether oxygens (including phenoxy) is 1. The van der Waals surface area contributed by atoms with E-state index in [4.69, 9.17) is 4.74 Å². The lowest BCUT2D eigenvalue weighted by molar-refractivity contribution is -0.385. The number of carbonyl (C=O) groups excluding carboxylic acids is 2. The molecule has 0 aliphatic rings. The first-order valence-electron chi connectivity index (χ1n) is 8.00. The van der Waals surface area contributed by atoms with Gasteiger partial charge in [0.2, 0.25) is 5.91 Å². The second kappa shape index (κ2) is 8.09. The molecule has 0 fully saturated rings. The molecular formula is C16H20N4O5S. The molecule has 140 valence electrons. The first-order valence-corrected chi connectivity index (χ1v) is 8.81. The molecule has 0 aliphatic carbocycles. The molecule has 9 nitrogen and oxygen atoms in total. The van der Waals surface area contributed by atoms with Gasteiger partial charge in [-0.2, -0.15) is 5.10 Å². The van der Waals surface area contributed by atoms with Crippen LogP contribution >= 0.6 is 11.3 Å². The molecule has 0 bridgehead atoms. The quantitative estimate of drug-likeness (QED) is 0.448. The number of esters is 1. The minimum Gasteiger partial charge on any atom is -0.462 e. The molecule has 1 N–H and O–H groups in total. The molecule has 26 heavy (non-hydrogen) atoms. The van der Waals surface area contributed by atoms with E-state index in [0.29, 0.717) is 16.3 Å². The number of nitrogens with one attached hydrogen (secondary N) is 1. The summed E-state index contributed by atoms with van der Waals surface area (Å²) in [5.41, 5.74) is 1.36. The zero-order valence-electron chi connectivity index (χ0n) is 15.0. The first kappa shape index (κ1) is 19.6. The van der Waals surface area contributed by atoms with Crippen molar-refractivity contribution in [3.05, 3.63) is 38.0 Å². The van der Waals surface area contributed by atoms with E-state index in [1.54, 1.807) is 13.8 Å². The Morgan fingerprint density at radius 1 is 1.38 bits per heavy atom. The highest BCUT2D eigenvalue weighted by Crippen LogP contribution is 2.33. The van der Waals surface area contributed by atoms with E-state index in [-0.39, 0.29) is 31.2 Å². The standard InChI is InChI=1S/C16H20N4O5S/c1-5-25-16(22)14-9(2)11(4)26-15(14)17-13(21)6-7-19-8-12(20(23)24)10(3)18-19/h8H,5-7H2,1-4H3,(H,17,21). The molecule has 0 saturated heterocycles. The summed E-state index contributed by atoms with van der Waals surface area (Å²) in [7, 11) is 0. The zero-order valence-corrected chi connectivity index (χ0v) is 15.8. The van der Waals surface area contributed by atoms with Gasteiger partial charge in [0, 0.05) is 17.8 Å². The van der Waals surface area contributed by atoms with Gasteiger partial charge >= 0.3 is 11.7 Å². The van der Waals surface area contributed by atoms with Gasteiger partial charge in [-0.25, -0.2) is 4.79 Å². The van der Waals surface area contributed by atoms with Gasteiger partial charge in [0.25, 0.3) is 0 Å². The normalized spacial score (nSPS) is 10.6. The third kappa shape index (κ3) is 4.26. The molecular weight excluding hydrogens is 360 g/mol. The summed E-state index contributed by atoms with van der Waals surface area (Å²) < 4.78 is 6.42. The third-order valence-corrected chi connectivity index (χ3v) is 4.93. The van der Waals surface area contributed by atoms with E-state index in [9.17, 15) is 19.7 Å². The van der Waals surface area contributed by atoms with E-state index in [1.165, 1.54) is 29.1 Å². The van der Waals surface area contributed by atoms with Crippen molar-refractivity contribution in [2.24, 2.45) is 0 Å². The minimum atomic E-state index is -0.512. The highest BCUT2D eigenvalue weighted by molar-refractivity contribution is 7.16. The zero-order chi connectivity index (χ0) is 19.4. The predicted molar refractivity (Wildman–Crippen MR) is 96.6 cm³/mol. The Balaban J connectivity index is 2.06. The molecule has 0 atom stereocenters. The molecule has 1 amide bonds. The van der Waals surface area contributed by atoms with E-state index < -0.39 is 10.9 Å². The van der Waals surface area contributed by atoms with Crippen LogP contribution in [0.4, 0.5) is 10.7 Å². The number of anilines is 1. The van der Waals surface area contributed by atoms with Crippen molar-refractivity contribution in [2.75, 3.05) is 11.9 Å². The van der Waals surface area contributed by atoms with Gasteiger partial charge < -0.3 is 10.1 Å². The topological polar surface area (TPSA) is 116 Å². The highest BCUT2D eigenvalue weighted by Gasteiger charge is 2.22. The molecule has 2 aromatic heterocycles. The number of nitrogens with zero attached hydrogens (tertiary/aromatic N) is 3. The van der Waals surface area contributed by atoms with Crippen molar-refractivity contribution in [2.45, 2.75) is 40.7 Å². The van der Waals surface area contributed by atoms with Gasteiger partial charge in [0.15, 0.2) is 0 Å². The van der Waals surface area contributed by atoms with E-state index in [1.807, 2.05) is 6.92 Å². The Bertz CT molecular complexity index is 855. The molecule has 0 aliphatic heterocycles. The van der Waals surface area contributed by atoms with E-state index in [2.05, 4.69) is 10.4 Å². The van der Waals surface area contributed by atoms with Crippen molar-refractivity contribution in [1.29, 1.82) is 0 Å². The monoisotopic (exact) mass is 380 g/mol. The number of amides is 1. The molecule has 10 heteroatoms. The summed E-state index contributed by atoms with van der Waals surface area (Å²) in [6.07, 6.45) is 1.36. The summed E-state index contributed by atoms with van der Waals surface area (Å²) >= 11 is 1.31. The summed E-state index contributed by atoms with van der Waals surface area (Å²) in [6.45, 7) is 7.37. The van der Waals surface area contributed by atoms with Crippen LogP contribution in [0.3, 0.4) is 0 Å². The van der Waals surface area contributed by atoms with Gasteiger partial charge in [-0.05, 0) is 33.3 Å². The maximum absolute atomic E-state index is 12.2. The first-order chi connectivity index (χ1) is 12.2. The summed E-state index contributed by atoms with van der Waals surface area (Å²) in [6, 6.07) is 0. The average Bonchev–Trinajstić information content (AvgIpc) is 3.06. The van der Waals surface area contributed by atoms with Crippen molar-refractivity contribution >= 4 is 33.9 Å². The van der Waals surface area contributed by atoms with Crippen LogP contribution in [0.5, 0.6) is 0 Å². The van der Waals surface area contributed by atoms with Crippen LogP contribution in [0, 0.1) is 30.9 Å². The van der Waals surface area contributed by atoms with Crippen molar-refractivity contribution in [1.82, 2.24) is 9.78 Å². The average molecular weight is 380 g/mol. The number of hydrogen-bond donors (Lipinski definition) is 1. The van der Waals surface area contributed by atoms with Crippen LogP contribution in [0.25, 0.3) is 0 Å². The SMILES string of the molecule is CCOC(=O)c1c(NC(=O)CCn2cc([N+](=O)[O-])c(C)n2)sc(C)c1C. The largest absolute Gasteiger partial charge is 0.462 e. The Hall–Kier alpha value is -2.75. The number of rotatable bonds is 7. The molecule has 0 saturated carbocycles. The Labute approximate surface area is 154 Å². The van der Waals surface area contributed by atoms with Gasteiger partial charge in [-0.15, -0.1) is 11.3 Å². The fourth-order valence-corrected chi connectivity index (χ4v) is 3.44.